The Hall–Kier alpha value is -2.09. The highest BCUT2D eigenvalue weighted by Gasteiger charge is 2.10. The molecule has 3 rings (SSSR count). The Bertz CT molecular complexity index is 680. The van der Waals surface area contributed by atoms with Gasteiger partial charge in [-0.3, -0.25) is 0 Å². The van der Waals surface area contributed by atoms with Crippen LogP contribution in [0.5, 0.6) is 0 Å². The van der Waals surface area contributed by atoms with E-state index >= 15 is 0 Å². The van der Waals surface area contributed by atoms with Crippen LogP contribution < -0.4 is 0 Å². The van der Waals surface area contributed by atoms with Gasteiger partial charge in [-0.25, -0.2) is 4.98 Å². The van der Waals surface area contributed by atoms with Crippen LogP contribution in [0.15, 0.2) is 48.5 Å². The summed E-state index contributed by atoms with van der Waals surface area (Å²) in [5.74, 6) is 1.03. The van der Waals surface area contributed by atoms with E-state index in [1.807, 2.05) is 12.1 Å². The molecule has 1 aromatic heterocycles. The van der Waals surface area contributed by atoms with Crippen molar-refractivity contribution in [1.82, 2.24) is 9.55 Å². The molecule has 84 valence electrons. The maximum absolute atomic E-state index is 4.71. The standard InChI is InChI=1S/C15H14N2/c1-11-7-3-4-8-12(11)15-16-13-9-5-6-10-14(13)17(15)2/h3-10H,1-2H3. The molecule has 2 nitrogen and oxygen atoms in total. The fourth-order valence-electron chi connectivity index (χ4n) is 2.21. The lowest BCUT2D eigenvalue weighted by Crippen LogP contribution is -1.93. The van der Waals surface area contributed by atoms with Crippen molar-refractivity contribution in [2.24, 2.45) is 7.05 Å². The SMILES string of the molecule is Cc1ccccc1-c1nc2ccccc2n1C. The van der Waals surface area contributed by atoms with E-state index in [2.05, 4.69) is 54.9 Å². The third-order valence-corrected chi connectivity index (χ3v) is 3.17. The highest BCUT2D eigenvalue weighted by atomic mass is 15.1. The van der Waals surface area contributed by atoms with Crippen LogP contribution in [0.4, 0.5) is 0 Å². The average molecular weight is 222 g/mol. The summed E-state index contributed by atoms with van der Waals surface area (Å²) < 4.78 is 2.15. The molecule has 0 saturated carbocycles. The number of hydrogen-bond donors (Lipinski definition) is 0. The van der Waals surface area contributed by atoms with Crippen LogP contribution in [0.3, 0.4) is 0 Å². The van der Waals surface area contributed by atoms with Gasteiger partial charge in [0.05, 0.1) is 11.0 Å². The number of para-hydroxylation sites is 2. The van der Waals surface area contributed by atoms with Crippen molar-refractivity contribution in [2.45, 2.75) is 6.92 Å². The number of nitrogens with zero attached hydrogens (tertiary/aromatic N) is 2. The third-order valence-electron chi connectivity index (χ3n) is 3.17. The first-order chi connectivity index (χ1) is 8.27. The van der Waals surface area contributed by atoms with Crippen molar-refractivity contribution in [3.63, 3.8) is 0 Å². The second-order valence-electron chi connectivity index (χ2n) is 4.30. The summed E-state index contributed by atoms with van der Waals surface area (Å²) in [5, 5.41) is 0. The fourth-order valence-corrected chi connectivity index (χ4v) is 2.21. The first-order valence-corrected chi connectivity index (χ1v) is 5.75. The molecule has 0 spiro atoms. The number of aromatic nitrogens is 2. The molecule has 0 fully saturated rings. The highest BCUT2D eigenvalue weighted by molar-refractivity contribution is 5.81. The third kappa shape index (κ3) is 1.53. The van der Waals surface area contributed by atoms with Crippen LogP contribution in [-0.2, 0) is 7.05 Å². The molecular formula is C15H14N2. The minimum atomic E-state index is 1.03. The van der Waals surface area contributed by atoms with Gasteiger partial charge in [-0.15, -0.1) is 0 Å². The lowest BCUT2D eigenvalue weighted by molar-refractivity contribution is 0.957. The Kier molecular flexibility index (Phi) is 2.22. The maximum atomic E-state index is 4.71. The van der Waals surface area contributed by atoms with Gasteiger partial charge in [0.2, 0.25) is 0 Å². The number of aryl methyl sites for hydroxylation is 2. The molecule has 2 aromatic carbocycles. The second kappa shape index (κ2) is 3.74. The number of fused-ring (bicyclic) bond motifs is 1. The molecule has 0 saturated heterocycles. The van der Waals surface area contributed by atoms with Crippen molar-refractivity contribution in [2.75, 3.05) is 0 Å². The smallest absolute Gasteiger partial charge is 0.141 e. The lowest BCUT2D eigenvalue weighted by Gasteiger charge is -2.05. The van der Waals surface area contributed by atoms with Gasteiger partial charge in [-0.2, -0.15) is 0 Å². The van der Waals surface area contributed by atoms with E-state index in [9.17, 15) is 0 Å². The number of imidazole rings is 1. The van der Waals surface area contributed by atoms with E-state index in [4.69, 9.17) is 4.98 Å². The Balaban J connectivity index is 2.32. The van der Waals surface area contributed by atoms with Crippen LogP contribution >= 0.6 is 0 Å². The van der Waals surface area contributed by atoms with Gasteiger partial charge in [-0.1, -0.05) is 36.4 Å². The molecule has 0 unspecified atom stereocenters. The summed E-state index contributed by atoms with van der Waals surface area (Å²) in [7, 11) is 2.07. The molecular weight excluding hydrogens is 208 g/mol. The summed E-state index contributed by atoms with van der Waals surface area (Å²) in [4.78, 5) is 4.71. The lowest BCUT2D eigenvalue weighted by atomic mass is 10.1. The molecule has 0 aliphatic heterocycles. The van der Waals surface area contributed by atoms with Gasteiger partial charge in [0, 0.05) is 12.6 Å². The molecule has 0 aliphatic rings. The van der Waals surface area contributed by atoms with E-state index in [-0.39, 0.29) is 0 Å². The van der Waals surface area contributed by atoms with Crippen LogP contribution in [0.1, 0.15) is 5.56 Å². The molecule has 3 aromatic rings. The summed E-state index contributed by atoms with van der Waals surface area (Å²) in [5.41, 5.74) is 4.68. The minimum Gasteiger partial charge on any atom is -0.327 e. The van der Waals surface area contributed by atoms with Gasteiger partial charge < -0.3 is 4.57 Å². The van der Waals surface area contributed by atoms with E-state index < -0.39 is 0 Å². The highest BCUT2D eigenvalue weighted by Crippen LogP contribution is 2.25. The summed E-state index contributed by atoms with van der Waals surface area (Å²) in [6.45, 7) is 2.12. The Morgan fingerprint density at radius 3 is 2.41 bits per heavy atom. The molecule has 0 N–H and O–H groups in total. The van der Waals surface area contributed by atoms with E-state index in [1.165, 1.54) is 16.6 Å². The second-order valence-corrected chi connectivity index (χ2v) is 4.30. The van der Waals surface area contributed by atoms with Gasteiger partial charge in [0.25, 0.3) is 0 Å². The van der Waals surface area contributed by atoms with Crippen LogP contribution in [-0.4, -0.2) is 9.55 Å². The maximum Gasteiger partial charge on any atom is 0.141 e. The average Bonchev–Trinajstić information content (AvgIpc) is 2.68. The van der Waals surface area contributed by atoms with E-state index in [1.54, 1.807) is 0 Å². The number of benzene rings is 2. The Morgan fingerprint density at radius 2 is 1.65 bits per heavy atom. The van der Waals surface area contributed by atoms with Gasteiger partial charge >= 0.3 is 0 Å². The largest absolute Gasteiger partial charge is 0.327 e. The van der Waals surface area contributed by atoms with Crippen LogP contribution in [0, 0.1) is 6.92 Å². The Labute approximate surface area is 101 Å². The van der Waals surface area contributed by atoms with Gasteiger partial charge in [-0.05, 0) is 24.6 Å². The number of hydrogen-bond acceptors (Lipinski definition) is 1. The first kappa shape index (κ1) is 10.1. The van der Waals surface area contributed by atoms with Crippen molar-refractivity contribution < 1.29 is 0 Å². The zero-order valence-corrected chi connectivity index (χ0v) is 10.0. The van der Waals surface area contributed by atoms with Gasteiger partial charge in [0.1, 0.15) is 5.82 Å². The van der Waals surface area contributed by atoms with E-state index in [0.29, 0.717) is 0 Å². The van der Waals surface area contributed by atoms with Crippen molar-refractivity contribution >= 4 is 11.0 Å². The summed E-state index contributed by atoms with van der Waals surface area (Å²) in [6.07, 6.45) is 0. The molecule has 0 radical (unpaired) electrons. The predicted octanol–water partition coefficient (Wildman–Crippen LogP) is 3.55. The zero-order chi connectivity index (χ0) is 11.8. The number of rotatable bonds is 1. The summed E-state index contributed by atoms with van der Waals surface area (Å²) in [6, 6.07) is 16.6. The Morgan fingerprint density at radius 1 is 0.941 bits per heavy atom. The predicted molar refractivity (Wildman–Crippen MR) is 70.9 cm³/mol. The quantitative estimate of drug-likeness (QED) is 0.615. The van der Waals surface area contributed by atoms with Gasteiger partial charge in [0.15, 0.2) is 0 Å². The molecule has 0 atom stereocenters. The first-order valence-electron chi connectivity index (χ1n) is 5.75. The topological polar surface area (TPSA) is 17.8 Å². The van der Waals surface area contributed by atoms with Crippen LogP contribution in [0.25, 0.3) is 22.4 Å². The fraction of sp³-hybridized carbons (Fsp3) is 0.133. The molecule has 0 amide bonds. The van der Waals surface area contributed by atoms with Crippen molar-refractivity contribution in [1.29, 1.82) is 0 Å². The molecule has 0 bridgehead atoms. The van der Waals surface area contributed by atoms with Crippen molar-refractivity contribution in [3.8, 4) is 11.4 Å². The summed E-state index contributed by atoms with van der Waals surface area (Å²) >= 11 is 0. The minimum absolute atomic E-state index is 1.03. The molecule has 17 heavy (non-hydrogen) atoms. The van der Waals surface area contributed by atoms with Crippen LogP contribution in [0.2, 0.25) is 0 Å². The van der Waals surface area contributed by atoms with E-state index in [0.717, 1.165) is 11.3 Å². The normalized spacial score (nSPS) is 10.9. The van der Waals surface area contributed by atoms with Crippen molar-refractivity contribution in [3.05, 3.63) is 54.1 Å². The molecule has 0 aliphatic carbocycles. The molecule has 2 heteroatoms. The molecule has 1 heterocycles. The monoisotopic (exact) mass is 222 g/mol. The zero-order valence-electron chi connectivity index (χ0n) is 10.0.